The Morgan fingerprint density at radius 3 is 2.91 bits per heavy atom. The molecule has 3 heterocycles. The van der Waals surface area contributed by atoms with E-state index < -0.39 is 0 Å². The normalized spacial score (nSPS) is 14.1. The zero-order valence-corrected chi connectivity index (χ0v) is 14.4. The van der Waals surface area contributed by atoms with E-state index >= 15 is 0 Å². The van der Waals surface area contributed by atoms with E-state index in [0.717, 1.165) is 29.2 Å². The van der Waals surface area contributed by atoms with Crippen LogP contribution in [0.15, 0.2) is 45.2 Å². The molecule has 0 bridgehead atoms. The Kier molecular flexibility index (Phi) is 3.90. The van der Waals surface area contributed by atoms with Gasteiger partial charge >= 0.3 is 0 Å². The molecule has 5 nitrogen and oxygen atoms in total. The molecule has 1 aromatic carbocycles. The third kappa shape index (κ3) is 2.57. The van der Waals surface area contributed by atoms with Crippen molar-refractivity contribution in [2.45, 2.75) is 29.4 Å². The van der Waals surface area contributed by atoms with Crippen molar-refractivity contribution >= 4 is 29.3 Å². The van der Waals surface area contributed by atoms with Crippen LogP contribution in [-0.2, 0) is 13.0 Å². The minimum absolute atomic E-state index is 0.0307. The number of hydrogen-bond acceptors (Lipinski definition) is 5. The predicted molar refractivity (Wildman–Crippen MR) is 93.6 cm³/mol. The quantitative estimate of drug-likeness (QED) is 0.684. The van der Waals surface area contributed by atoms with Gasteiger partial charge in [0.25, 0.3) is 5.56 Å². The first-order valence-electron chi connectivity index (χ1n) is 7.51. The van der Waals surface area contributed by atoms with E-state index in [4.69, 9.17) is 0 Å². The molecule has 0 N–H and O–H groups in total. The van der Waals surface area contributed by atoms with Crippen LogP contribution in [0, 0.1) is 0 Å². The Labute approximate surface area is 142 Å². The molecule has 7 heteroatoms. The molecule has 0 atom stereocenters. The standard InChI is InChI=1S/C16H16N4OS2/c1-22-15-17-16-19(10-11-6-3-2-4-7-11)12-8-5-9-23-13(12)14(21)20(16)18-15/h2-4,6-7H,5,8-10H2,1H3. The number of fused-ring (bicyclic) bond motifs is 2. The summed E-state index contributed by atoms with van der Waals surface area (Å²) in [6.07, 6.45) is 3.93. The highest BCUT2D eigenvalue weighted by Gasteiger charge is 2.22. The molecule has 0 unspecified atom stereocenters. The molecule has 2 aromatic heterocycles. The van der Waals surface area contributed by atoms with E-state index in [9.17, 15) is 4.79 Å². The fourth-order valence-electron chi connectivity index (χ4n) is 2.89. The topological polar surface area (TPSA) is 52.2 Å². The van der Waals surface area contributed by atoms with Crippen LogP contribution in [0.3, 0.4) is 0 Å². The Bertz CT molecular complexity index is 917. The van der Waals surface area contributed by atoms with E-state index in [-0.39, 0.29) is 5.56 Å². The van der Waals surface area contributed by atoms with E-state index in [1.807, 2.05) is 24.5 Å². The summed E-state index contributed by atoms with van der Waals surface area (Å²) in [4.78, 5) is 18.1. The smallest absolute Gasteiger partial charge is 0.289 e. The van der Waals surface area contributed by atoms with Gasteiger partial charge in [0.15, 0.2) is 0 Å². The summed E-state index contributed by atoms with van der Waals surface area (Å²) in [6.45, 7) is 0.708. The summed E-state index contributed by atoms with van der Waals surface area (Å²) >= 11 is 3.10. The molecule has 3 aromatic rings. The molecule has 0 saturated carbocycles. The molecule has 0 radical (unpaired) electrons. The molecule has 0 amide bonds. The summed E-state index contributed by atoms with van der Waals surface area (Å²) in [6, 6.07) is 10.3. The van der Waals surface area contributed by atoms with Crippen LogP contribution in [0.25, 0.3) is 5.78 Å². The maximum absolute atomic E-state index is 12.7. The fourth-order valence-corrected chi connectivity index (χ4v) is 4.30. The Morgan fingerprint density at radius 1 is 1.30 bits per heavy atom. The summed E-state index contributed by atoms with van der Waals surface area (Å²) in [7, 11) is 0. The highest BCUT2D eigenvalue weighted by atomic mass is 32.2. The highest BCUT2D eigenvalue weighted by Crippen LogP contribution is 2.28. The molecular weight excluding hydrogens is 328 g/mol. The van der Waals surface area contributed by atoms with Gasteiger partial charge in [0.05, 0.1) is 11.4 Å². The zero-order valence-electron chi connectivity index (χ0n) is 12.7. The van der Waals surface area contributed by atoms with Crippen molar-refractivity contribution in [1.82, 2.24) is 19.2 Å². The minimum atomic E-state index is -0.0307. The summed E-state index contributed by atoms with van der Waals surface area (Å²) in [5, 5.41) is 5.00. The van der Waals surface area contributed by atoms with Gasteiger partial charge in [-0.25, -0.2) is 0 Å². The second kappa shape index (κ2) is 6.05. The van der Waals surface area contributed by atoms with Gasteiger partial charge in [-0.2, -0.15) is 9.50 Å². The van der Waals surface area contributed by atoms with Gasteiger partial charge in [-0.3, -0.25) is 4.79 Å². The lowest BCUT2D eigenvalue weighted by Crippen LogP contribution is -2.27. The second-order valence-electron chi connectivity index (χ2n) is 5.42. The largest absolute Gasteiger partial charge is 0.308 e. The van der Waals surface area contributed by atoms with Gasteiger partial charge in [0.2, 0.25) is 10.9 Å². The second-order valence-corrected chi connectivity index (χ2v) is 7.29. The van der Waals surface area contributed by atoms with Crippen molar-refractivity contribution < 1.29 is 0 Å². The number of benzene rings is 1. The van der Waals surface area contributed by atoms with Crippen molar-refractivity contribution in [2.75, 3.05) is 12.0 Å². The lowest BCUT2D eigenvalue weighted by atomic mass is 10.2. The third-order valence-electron chi connectivity index (χ3n) is 3.96. The molecule has 4 rings (SSSR count). The van der Waals surface area contributed by atoms with Gasteiger partial charge in [0, 0.05) is 5.69 Å². The van der Waals surface area contributed by atoms with Crippen LogP contribution in [0.4, 0.5) is 0 Å². The molecule has 0 aliphatic carbocycles. The number of nitrogens with zero attached hydrogens (tertiary/aromatic N) is 4. The molecule has 23 heavy (non-hydrogen) atoms. The molecular formula is C16H16N4OS2. The van der Waals surface area contributed by atoms with Crippen molar-refractivity contribution in [3.63, 3.8) is 0 Å². The van der Waals surface area contributed by atoms with E-state index in [2.05, 4.69) is 26.8 Å². The van der Waals surface area contributed by atoms with Crippen molar-refractivity contribution in [3.05, 3.63) is 51.9 Å². The molecule has 118 valence electrons. The molecule has 1 aliphatic heterocycles. The van der Waals surface area contributed by atoms with E-state index in [1.54, 1.807) is 11.8 Å². The lowest BCUT2D eigenvalue weighted by Gasteiger charge is -2.21. The van der Waals surface area contributed by atoms with Crippen LogP contribution >= 0.6 is 23.5 Å². The Morgan fingerprint density at radius 2 is 2.13 bits per heavy atom. The fraction of sp³-hybridized carbons (Fsp3) is 0.312. The summed E-state index contributed by atoms with van der Waals surface area (Å²) in [5.74, 6) is 1.63. The molecule has 1 aliphatic rings. The summed E-state index contributed by atoms with van der Waals surface area (Å²) in [5.41, 5.74) is 2.27. The van der Waals surface area contributed by atoms with E-state index in [1.165, 1.54) is 21.8 Å². The number of thioether (sulfide) groups is 2. The molecule has 0 saturated heterocycles. The van der Waals surface area contributed by atoms with Crippen LogP contribution in [0.1, 0.15) is 17.7 Å². The van der Waals surface area contributed by atoms with Crippen LogP contribution in [-0.4, -0.2) is 31.2 Å². The number of hydrogen-bond donors (Lipinski definition) is 0. The average Bonchev–Trinajstić information content (AvgIpc) is 3.04. The van der Waals surface area contributed by atoms with Gasteiger partial charge in [0.1, 0.15) is 0 Å². The molecule has 0 spiro atoms. The number of aromatic nitrogens is 4. The van der Waals surface area contributed by atoms with Gasteiger partial charge in [-0.15, -0.1) is 16.9 Å². The van der Waals surface area contributed by atoms with Crippen molar-refractivity contribution in [3.8, 4) is 0 Å². The van der Waals surface area contributed by atoms with Crippen molar-refractivity contribution in [2.24, 2.45) is 0 Å². The Hall–Kier alpha value is -1.73. The van der Waals surface area contributed by atoms with Crippen molar-refractivity contribution in [1.29, 1.82) is 0 Å². The average molecular weight is 344 g/mol. The van der Waals surface area contributed by atoms with Crippen LogP contribution in [0.2, 0.25) is 0 Å². The maximum Gasteiger partial charge on any atom is 0.289 e. The highest BCUT2D eigenvalue weighted by molar-refractivity contribution is 7.99. The molecule has 0 fully saturated rings. The Balaban J connectivity index is 1.98. The van der Waals surface area contributed by atoms with E-state index in [0.29, 0.717) is 17.5 Å². The SMILES string of the molecule is CSc1nc2n(Cc3ccccc3)c3c(c(=O)n2n1)SCCC3. The first-order valence-corrected chi connectivity index (χ1v) is 9.72. The summed E-state index contributed by atoms with van der Waals surface area (Å²) < 4.78 is 3.62. The van der Waals surface area contributed by atoms with Crippen LogP contribution in [0.5, 0.6) is 0 Å². The van der Waals surface area contributed by atoms with Crippen LogP contribution < -0.4 is 5.56 Å². The number of rotatable bonds is 3. The maximum atomic E-state index is 12.7. The van der Waals surface area contributed by atoms with Gasteiger partial charge in [-0.1, -0.05) is 42.1 Å². The first kappa shape index (κ1) is 14.8. The monoisotopic (exact) mass is 344 g/mol. The minimum Gasteiger partial charge on any atom is -0.308 e. The lowest BCUT2D eigenvalue weighted by molar-refractivity contribution is 0.657. The third-order valence-corrected chi connectivity index (χ3v) is 5.69. The van der Waals surface area contributed by atoms with Gasteiger partial charge in [-0.05, 0) is 30.4 Å². The zero-order chi connectivity index (χ0) is 15.8. The van der Waals surface area contributed by atoms with Gasteiger partial charge < -0.3 is 4.57 Å². The predicted octanol–water partition coefficient (Wildman–Crippen LogP) is 2.70. The first-order chi connectivity index (χ1) is 11.3.